The number of rotatable bonds is 9. The zero-order valence-electron chi connectivity index (χ0n) is 10.8. The maximum atomic E-state index is 13.1. The van der Waals surface area contributed by atoms with Gasteiger partial charge in [-0.15, -0.1) is 0 Å². The SMILES string of the molecule is COCCOCCCC(CO)c1cccc(F)c1. The summed E-state index contributed by atoms with van der Waals surface area (Å²) in [5, 5.41) is 9.33. The van der Waals surface area contributed by atoms with Crippen molar-refractivity contribution in [3.8, 4) is 0 Å². The summed E-state index contributed by atoms with van der Waals surface area (Å²) in [5.74, 6) is -0.283. The summed E-state index contributed by atoms with van der Waals surface area (Å²) < 4.78 is 23.3. The lowest BCUT2D eigenvalue weighted by molar-refractivity contribution is 0.0673. The summed E-state index contributed by atoms with van der Waals surface area (Å²) in [4.78, 5) is 0. The van der Waals surface area contributed by atoms with E-state index in [1.54, 1.807) is 13.2 Å². The fourth-order valence-corrected chi connectivity index (χ4v) is 1.80. The minimum Gasteiger partial charge on any atom is -0.396 e. The van der Waals surface area contributed by atoms with E-state index in [0.717, 1.165) is 18.4 Å². The Balaban J connectivity index is 2.29. The van der Waals surface area contributed by atoms with E-state index in [0.29, 0.717) is 19.8 Å². The van der Waals surface area contributed by atoms with Crippen molar-refractivity contribution in [3.05, 3.63) is 35.6 Å². The van der Waals surface area contributed by atoms with Crippen molar-refractivity contribution < 1.29 is 19.0 Å². The Morgan fingerprint density at radius 1 is 1.28 bits per heavy atom. The maximum absolute atomic E-state index is 13.1. The Bertz CT molecular complexity index is 331. The van der Waals surface area contributed by atoms with Crippen LogP contribution in [0, 0.1) is 5.82 Å². The molecule has 1 aromatic carbocycles. The van der Waals surface area contributed by atoms with Crippen molar-refractivity contribution in [3.63, 3.8) is 0 Å². The van der Waals surface area contributed by atoms with Crippen LogP contribution in [0.15, 0.2) is 24.3 Å². The fourth-order valence-electron chi connectivity index (χ4n) is 1.80. The van der Waals surface area contributed by atoms with Gasteiger partial charge in [0.25, 0.3) is 0 Å². The molecule has 1 atom stereocenters. The van der Waals surface area contributed by atoms with Crippen LogP contribution < -0.4 is 0 Å². The molecule has 0 heterocycles. The molecule has 18 heavy (non-hydrogen) atoms. The summed E-state index contributed by atoms with van der Waals surface area (Å²) in [6, 6.07) is 6.40. The number of methoxy groups -OCH3 is 1. The van der Waals surface area contributed by atoms with Gasteiger partial charge in [-0.2, -0.15) is 0 Å². The van der Waals surface area contributed by atoms with Gasteiger partial charge < -0.3 is 14.6 Å². The van der Waals surface area contributed by atoms with Gasteiger partial charge in [0.05, 0.1) is 13.2 Å². The van der Waals surface area contributed by atoms with Gasteiger partial charge >= 0.3 is 0 Å². The van der Waals surface area contributed by atoms with E-state index < -0.39 is 0 Å². The Kier molecular flexibility index (Phi) is 7.57. The van der Waals surface area contributed by atoms with Gasteiger partial charge in [-0.1, -0.05) is 12.1 Å². The summed E-state index contributed by atoms with van der Waals surface area (Å²) >= 11 is 0. The molecule has 1 rings (SSSR count). The first-order chi connectivity index (χ1) is 8.77. The van der Waals surface area contributed by atoms with Crippen molar-refractivity contribution in [2.75, 3.05) is 33.5 Å². The maximum Gasteiger partial charge on any atom is 0.123 e. The second kappa shape index (κ2) is 9.03. The predicted octanol–water partition coefficient (Wildman–Crippen LogP) is 2.34. The number of halogens is 1. The van der Waals surface area contributed by atoms with E-state index in [2.05, 4.69) is 0 Å². The first-order valence-corrected chi connectivity index (χ1v) is 6.21. The van der Waals surface area contributed by atoms with E-state index in [-0.39, 0.29) is 18.3 Å². The summed E-state index contributed by atoms with van der Waals surface area (Å²) in [6.07, 6.45) is 1.62. The van der Waals surface area contributed by atoms with Gasteiger partial charge in [0.2, 0.25) is 0 Å². The molecule has 0 spiro atoms. The number of ether oxygens (including phenoxy) is 2. The van der Waals surface area contributed by atoms with Crippen LogP contribution in [0.5, 0.6) is 0 Å². The number of hydrogen-bond donors (Lipinski definition) is 1. The van der Waals surface area contributed by atoms with E-state index in [1.807, 2.05) is 6.07 Å². The number of aliphatic hydroxyl groups excluding tert-OH is 1. The molecule has 0 saturated carbocycles. The predicted molar refractivity (Wildman–Crippen MR) is 68.2 cm³/mol. The monoisotopic (exact) mass is 256 g/mol. The average molecular weight is 256 g/mol. The van der Waals surface area contributed by atoms with Crippen LogP contribution in [0.2, 0.25) is 0 Å². The van der Waals surface area contributed by atoms with Crippen molar-refractivity contribution in [2.45, 2.75) is 18.8 Å². The Morgan fingerprint density at radius 3 is 2.78 bits per heavy atom. The van der Waals surface area contributed by atoms with Crippen molar-refractivity contribution in [1.82, 2.24) is 0 Å². The Hall–Kier alpha value is -0.970. The van der Waals surface area contributed by atoms with Crippen molar-refractivity contribution in [1.29, 1.82) is 0 Å². The third kappa shape index (κ3) is 5.58. The Morgan fingerprint density at radius 2 is 2.11 bits per heavy atom. The molecule has 4 heteroatoms. The van der Waals surface area contributed by atoms with Gasteiger partial charge in [-0.25, -0.2) is 4.39 Å². The summed E-state index contributed by atoms with van der Waals surface area (Å²) in [7, 11) is 1.63. The highest BCUT2D eigenvalue weighted by molar-refractivity contribution is 5.20. The molecule has 3 nitrogen and oxygen atoms in total. The normalized spacial score (nSPS) is 12.6. The van der Waals surface area contributed by atoms with Crippen LogP contribution in [0.4, 0.5) is 4.39 Å². The van der Waals surface area contributed by atoms with Gasteiger partial charge in [0.15, 0.2) is 0 Å². The minimum atomic E-state index is -0.262. The van der Waals surface area contributed by atoms with Gasteiger partial charge in [-0.3, -0.25) is 0 Å². The van der Waals surface area contributed by atoms with Gasteiger partial charge in [-0.05, 0) is 30.5 Å². The highest BCUT2D eigenvalue weighted by Gasteiger charge is 2.10. The topological polar surface area (TPSA) is 38.7 Å². The van der Waals surface area contributed by atoms with Gasteiger partial charge in [0, 0.05) is 26.2 Å². The van der Waals surface area contributed by atoms with Gasteiger partial charge in [0.1, 0.15) is 5.82 Å². The third-order valence-corrected chi connectivity index (χ3v) is 2.81. The second-order valence-corrected chi connectivity index (χ2v) is 4.18. The molecule has 0 aromatic heterocycles. The highest BCUT2D eigenvalue weighted by atomic mass is 19.1. The third-order valence-electron chi connectivity index (χ3n) is 2.81. The molecule has 0 aliphatic carbocycles. The number of benzene rings is 1. The van der Waals surface area contributed by atoms with Crippen molar-refractivity contribution in [2.24, 2.45) is 0 Å². The zero-order chi connectivity index (χ0) is 13.2. The van der Waals surface area contributed by atoms with E-state index in [4.69, 9.17) is 9.47 Å². The van der Waals surface area contributed by atoms with Crippen LogP contribution in [0.25, 0.3) is 0 Å². The van der Waals surface area contributed by atoms with Crippen molar-refractivity contribution >= 4 is 0 Å². The van der Waals surface area contributed by atoms with E-state index >= 15 is 0 Å². The molecule has 0 aliphatic heterocycles. The molecule has 102 valence electrons. The lowest BCUT2D eigenvalue weighted by Gasteiger charge is -2.14. The summed E-state index contributed by atoms with van der Waals surface area (Å²) in [5.41, 5.74) is 0.842. The van der Waals surface area contributed by atoms with E-state index in [1.165, 1.54) is 12.1 Å². The lowest BCUT2D eigenvalue weighted by Crippen LogP contribution is -2.08. The molecule has 1 N–H and O–H groups in total. The van der Waals surface area contributed by atoms with Crippen LogP contribution >= 0.6 is 0 Å². The van der Waals surface area contributed by atoms with Crippen LogP contribution in [0.3, 0.4) is 0 Å². The lowest BCUT2D eigenvalue weighted by atomic mass is 9.95. The Labute approximate surface area is 108 Å². The minimum absolute atomic E-state index is 0.0216. The van der Waals surface area contributed by atoms with Crippen LogP contribution in [0.1, 0.15) is 24.3 Å². The molecular weight excluding hydrogens is 235 g/mol. The quantitative estimate of drug-likeness (QED) is 0.689. The van der Waals surface area contributed by atoms with E-state index in [9.17, 15) is 9.50 Å². The molecule has 0 aliphatic rings. The number of aliphatic hydroxyl groups is 1. The highest BCUT2D eigenvalue weighted by Crippen LogP contribution is 2.21. The first kappa shape index (κ1) is 15.1. The molecule has 1 unspecified atom stereocenters. The number of hydrogen-bond acceptors (Lipinski definition) is 3. The smallest absolute Gasteiger partial charge is 0.123 e. The molecule has 1 aromatic rings. The zero-order valence-corrected chi connectivity index (χ0v) is 10.8. The fraction of sp³-hybridized carbons (Fsp3) is 0.571. The average Bonchev–Trinajstić information content (AvgIpc) is 2.38. The molecule has 0 bridgehead atoms. The molecular formula is C14H21FO3. The van der Waals surface area contributed by atoms with Crippen LogP contribution in [-0.4, -0.2) is 38.6 Å². The molecule has 0 radical (unpaired) electrons. The standard InChI is InChI=1S/C14H21FO3/c1-17-8-9-18-7-3-5-13(11-16)12-4-2-6-14(15)10-12/h2,4,6,10,13,16H,3,5,7-9,11H2,1H3. The molecule has 0 amide bonds. The largest absolute Gasteiger partial charge is 0.396 e. The molecule has 0 saturated heterocycles. The molecule has 0 fully saturated rings. The van der Waals surface area contributed by atoms with Crippen LogP contribution in [-0.2, 0) is 9.47 Å². The second-order valence-electron chi connectivity index (χ2n) is 4.18. The summed E-state index contributed by atoms with van der Waals surface area (Å²) in [6.45, 7) is 1.84. The first-order valence-electron chi connectivity index (χ1n) is 6.21.